The third kappa shape index (κ3) is 4.06. The van der Waals surface area contributed by atoms with Crippen LogP contribution in [0.2, 0.25) is 0 Å². The Hall–Kier alpha value is -1.97. The van der Waals surface area contributed by atoms with Gasteiger partial charge in [0.05, 0.1) is 5.82 Å². The molecule has 1 aromatic rings. The summed E-state index contributed by atoms with van der Waals surface area (Å²) >= 11 is 0. The van der Waals surface area contributed by atoms with Crippen LogP contribution in [0.15, 0.2) is 18.0 Å². The number of phenolic OH excluding ortho intramolecular Hbond substituents is 1. The first-order valence-corrected chi connectivity index (χ1v) is 7.91. The van der Waals surface area contributed by atoms with Crippen LogP contribution < -0.4 is 11.1 Å². The van der Waals surface area contributed by atoms with E-state index >= 15 is 0 Å². The Morgan fingerprint density at radius 1 is 1.17 bits per heavy atom. The van der Waals surface area contributed by atoms with Gasteiger partial charge >= 0.3 is 0 Å². The number of phenols is 1. The smallest absolute Gasteiger partial charge is 0.257 e. The molecule has 1 amide bonds. The average molecular weight is 318 g/mol. The summed E-state index contributed by atoms with van der Waals surface area (Å²) in [7, 11) is 0. The number of nitrogens with two attached hydrogens (primary N) is 1. The van der Waals surface area contributed by atoms with E-state index in [2.05, 4.69) is 5.32 Å². The highest BCUT2D eigenvalue weighted by atomic mass is 16.3. The van der Waals surface area contributed by atoms with Crippen molar-refractivity contribution in [3.8, 4) is 5.75 Å². The molecule has 1 rings (SSSR count). The molecule has 0 bridgehead atoms. The van der Waals surface area contributed by atoms with Crippen molar-refractivity contribution in [2.24, 2.45) is 5.73 Å². The highest BCUT2D eigenvalue weighted by Gasteiger charge is 2.30. The summed E-state index contributed by atoms with van der Waals surface area (Å²) in [4.78, 5) is 12.6. The average Bonchev–Trinajstić information content (AvgIpc) is 2.35. The minimum atomic E-state index is -0.281. The van der Waals surface area contributed by atoms with Gasteiger partial charge in [-0.3, -0.25) is 4.79 Å². The zero-order valence-electron chi connectivity index (χ0n) is 15.6. The molecule has 0 spiro atoms. The summed E-state index contributed by atoms with van der Waals surface area (Å²) in [5, 5.41) is 13.5. The lowest BCUT2D eigenvalue weighted by atomic mass is 9.76. The standard InChI is InChI=1S/C19H30N2O2/c1-9-14(20)21-17(23)12-10-13(18(3,4)5)16(22)15(11(12)2)19(6,7)8/h9-10,22H,20H2,1-8H3,(H,21,23). The van der Waals surface area contributed by atoms with Crippen LogP contribution in [0.5, 0.6) is 5.75 Å². The van der Waals surface area contributed by atoms with Crippen molar-refractivity contribution in [1.82, 2.24) is 5.32 Å². The van der Waals surface area contributed by atoms with Crippen molar-refractivity contribution in [3.05, 3.63) is 40.2 Å². The Labute approximate surface area is 139 Å². The first kappa shape index (κ1) is 19.1. The van der Waals surface area contributed by atoms with Crippen LogP contribution in [-0.2, 0) is 10.8 Å². The van der Waals surface area contributed by atoms with E-state index in [1.165, 1.54) is 0 Å². The molecule has 4 N–H and O–H groups in total. The maximum atomic E-state index is 12.6. The molecule has 0 aromatic heterocycles. The SMILES string of the molecule is CC=C(N)NC(=O)c1cc(C(C)(C)C)c(O)c(C(C)(C)C)c1C. The van der Waals surface area contributed by atoms with Gasteiger partial charge < -0.3 is 16.2 Å². The van der Waals surface area contributed by atoms with E-state index in [9.17, 15) is 9.90 Å². The summed E-state index contributed by atoms with van der Waals surface area (Å²) in [5.41, 5.74) is 8.05. The molecule has 1 aromatic carbocycles. The molecule has 0 unspecified atom stereocenters. The molecule has 4 nitrogen and oxygen atoms in total. The molecule has 0 aliphatic rings. The number of carbonyl (C=O) groups is 1. The van der Waals surface area contributed by atoms with Crippen LogP contribution in [0.4, 0.5) is 0 Å². The fourth-order valence-corrected chi connectivity index (χ4v) is 2.76. The second-order valence-corrected chi connectivity index (χ2v) is 8.02. The molecule has 128 valence electrons. The topological polar surface area (TPSA) is 75.3 Å². The number of nitrogens with one attached hydrogen (secondary N) is 1. The highest BCUT2D eigenvalue weighted by Crippen LogP contribution is 2.42. The Bertz CT molecular complexity index is 645. The summed E-state index contributed by atoms with van der Waals surface area (Å²) in [6.07, 6.45) is 1.64. The lowest BCUT2D eigenvalue weighted by Gasteiger charge is -2.30. The van der Waals surface area contributed by atoms with Crippen molar-refractivity contribution < 1.29 is 9.90 Å². The van der Waals surface area contributed by atoms with Crippen LogP contribution in [0.25, 0.3) is 0 Å². The van der Waals surface area contributed by atoms with Gasteiger partial charge in [-0.2, -0.15) is 0 Å². The van der Waals surface area contributed by atoms with Gasteiger partial charge in [-0.25, -0.2) is 0 Å². The zero-order chi connectivity index (χ0) is 18.2. The Balaban J connectivity index is 3.69. The minimum Gasteiger partial charge on any atom is -0.507 e. The van der Waals surface area contributed by atoms with Crippen molar-refractivity contribution in [2.75, 3.05) is 0 Å². The lowest BCUT2D eigenvalue weighted by Crippen LogP contribution is -2.29. The summed E-state index contributed by atoms with van der Waals surface area (Å²) < 4.78 is 0. The predicted molar refractivity (Wildman–Crippen MR) is 95.7 cm³/mol. The van der Waals surface area contributed by atoms with Crippen molar-refractivity contribution in [1.29, 1.82) is 0 Å². The molecule has 23 heavy (non-hydrogen) atoms. The molecule has 0 saturated carbocycles. The third-order valence-corrected chi connectivity index (χ3v) is 3.93. The normalized spacial score (nSPS) is 13.1. The fraction of sp³-hybridized carbons (Fsp3) is 0.526. The molecular weight excluding hydrogens is 288 g/mol. The van der Waals surface area contributed by atoms with Gasteiger partial charge in [-0.05, 0) is 42.4 Å². The monoisotopic (exact) mass is 318 g/mol. The maximum Gasteiger partial charge on any atom is 0.257 e. The van der Waals surface area contributed by atoms with Crippen LogP contribution in [-0.4, -0.2) is 11.0 Å². The summed E-state index contributed by atoms with van der Waals surface area (Å²) in [5.74, 6) is 0.337. The number of amides is 1. The number of allylic oxidation sites excluding steroid dienone is 1. The number of aromatic hydroxyl groups is 1. The molecule has 0 aliphatic heterocycles. The number of benzene rings is 1. The Morgan fingerprint density at radius 2 is 1.70 bits per heavy atom. The van der Waals surface area contributed by atoms with E-state index in [4.69, 9.17) is 5.73 Å². The lowest BCUT2D eigenvalue weighted by molar-refractivity contribution is 0.0964. The van der Waals surface area contributed by atoms with E-state index in [0.717, 1.165) is 16.7 Å². The number of rotatable bonds is 2. The van der Waals surface area contributed by atoms with E-state index in [0.29, 0.717) is 11.4 Å². The van der Waals surface area contributed by atoms with Crippen LogP contribution >= 0.6 is 0 Å². The second-order valence-electron chi connectivity index (χ2n) is 8.02. The van der Waals surface area contributed by atoms with E-state index in [1.807, 2.05) is 48.5 Å². The van der Waals surface area contributed by atoms with Crippen molar-refractivity contribution >= 4 is 5.91 Å². The van der Waals surface area contributed by atoms with Gasteiger partial charge in [0.2, 0.25) is 0 Å². The van der Waals surface area contributed by atoms with Gasteiger partial charge in [0.15, 0.2) is 0 Å². The molecule has 0 saturated heterocycles. The number of carbonyl (C=O) groups excluding carboxylic acids is 1. The molecule has 0 atom stereocenters. The molecule has 4 heteroatoms. The first-order valence-electron chi connectivity index (χ1n) is 7.91. The van der Waals surface area contributed by atoms with E-state index in [1.54, 1.807) is 19.1 Å². The first-order chi connectivity index (χ1) is 10.3. The highest BCUT2D eigenvalue weighted by molar-refractivity contribution is 5.97. The minimum absolute atomic E-state index is 0.255. The predicted octanol–water partition coefficient (Wildman–Crippen LogP) is 3.85. The largest absolute Gasteiger partial charge is 0.507 e. The molecular formula is C19H30N2O2. The number of hydrogen-bond acceptors (Lipinski definition) is 3. The van der Waals surface area contributed by atoms with Crippen LogP contribution in [0.1, 0.15) is 75.5 Å². The quantitative estimate of drug-likeness (QED) is 0.775. The van der Waals surface area contributed by atoms with Crippen LogP contribution in [0.3, 0.4) is 0 Å². The van der Waals surface area contributed by atoms with Gasteiger partial charge in [0.25, 0.3) is 5.91 Å². The number of hydrogen-bond donors (Lipinski definition) is 3. The summed E-state index contributed by atoms with van der Waals surface area (Å²) in [6, 6.07) is 1.78. The molecule has 0 heterocycles. The van der Waals surface area contributed by atoms with Gasteiger partial charge in [-0.1, -0.05) is 41.5 Å². The van der Waals surface area contributed by atoms with Gasteiger partial charge in [0, 0.05) is 16.7 Å². The van der Waals surface area contributed by atoms with E-state index in [-0.39, 0.29) is 22.5 Å². The van der Waals surface area contributed by atoms with Crippen LogP contribution in [0, 0.1) is 6.92 Å². The Kier molecular flexibility index (Phi) is 5.20. The van der Waals surface area contributed by atoms with Crippen molar-refractivity contribution in [3.63, 3.8) is 0 Å². The van der Waals surface area contributed by atoms with Crippen molar-refractivity contribution in [2.45, 2.75) is 66.2 Å². The molecule has 0 fully saturated rings. The maximum absolute atomic E-state index is 12.6. The summed E-state index contributed by atoms with van der Waals surface area (Å²) in [6.45, 7) is 15.8. The molecule has 0 radical (unpaired) electrons. The van der Waals surface area contributed by atoms with Gasteiger partial charge in [0.1, 0.15) is 5.75 Å². The Morgan fingerprint density at radius 3 is 2.09 bits per heavy atom. The van der Waals surface area contributed by atoms with E-state index < -0.39 is 0 Å². The third-order valence-electron chi connectivity index (χ3n) is 3.93. The van der Waals surface area contributed by atoms with Gasteiger partial charge in [-0.15, -0.1) is 0 Å². The molecule has 0 aliphatic carbocycles. The second kappa shape index (κ2) is 6.26. The zero-order valence-corrected chi connectivity index (χ0v) is 15.6. The fourth-order valence-electron chi connectivity index (χ4n) is 2.76.